The molecule has 15 N–H and O–H groups in total. The third-order valence-corrected chi connectivity index (χ3v) is 15.3. The molecule has 6 rings (SSSR count). The summed E-state index contributed by atoms with van der Waals surface area (Å²) in [7, 11) is -5.58. The van der Waals surface area contributed by atoms with Crippen LogP contribution in [0.3, 0.4) is 0 Å². The van der Waals surface area contributed by atoms with Crippen LogP contribution in [0.1, 0.15) is 88.5 Å². The topological polar surface area (TPSA) is 457 Å². The van der Waals surface area contributed by atoms with Crippen molar-refractivity contribution in [3.63, 3.8) is 0 Å². The number of primary amides is 1. The molecule has 3 fully saturated rings. The summed E-state index contributed by atoms with van der Waals surface area (Å²) in [6, 6.07) is 5.48. The first-order valence-corrected chi connectivity index (χ1v) is 28.7. The molecule has 0 aromatic heterocycles. The number of hydrogen-bond acceptors (Lipinski definition) is 20. The molecular weight excluding hydrogens is 1150 g/mol. The molecule has 460 valence electrons. The van der Waals surface area contributed by atoms with Crippen molar-refractivity contribution in [1.82, 2.24) is 36.4 Å². The summed E-state index contributed by atoms with van der Waals surface area (Å²) in [5.41, 5.74) is 8.65. The van der Waals surface area contributed by atoms with E-state index in [1.54, 1.807) is 0 Å². The van der Waals surface area contributed by atoms with Gasteiger partial charge in [-0.25, -0.2) is 8.42 Å². The summed E-state index contributed by atoms with van der Waals surface area (Å²) in [4.78, 5) is 114. The molecule has 0 radical (unpaired) electrons. The van der Waals surface area contributed by atoms with Gasteiger partial charge in [-0.15, -0.1) is 0 Å². The molecule has 85 heavy (non-hydrogen) atoms. The van der Waals surface area contributed by atoms with E-state index in [4.69, 9.17) is 5.73 Å². The Morgan fingerprint density at radius 1 is 0.765 bits per heavy atom. The zero-order chi connectivity index (χ0) is 61.9. The number of fused-ring (bicyclic) bond motifs is 2. The Bertz CT molecular complexity index is 2980. The number of nitrogens with one attached hydrogen (secondary N) is 5. The van der Waals surface area contributed by atoms with Crippen LogP contribution in [-0.4, -0.2) is 203 Å². The molecule has 30 heteroatoms. The van der Waals surface area contributed by atoms with Gasteiger partial charge in [-0.1, -0.05) is 81.3 Å². The van der Waals surface area contributed by atoms with Crippen LogP contribution in [0.5, 0.6) is 11.5 Å². The number of aromatic hydroxyl groups is 1. The number of benzene rings is 3. The van der Waals surface area contributed by atoms with Crippen molar-refractivity contribution in [3.8, 4) is 22.6 Å². The predicted molar refractivity (Wildman–Crippen MR) is 292 cm³/mol. The summed E-state index contributed by atoms with van der Waals surface area (Å²) >= 11 is 0. The number of carbonyl (C=O) groups is 8. The minimum absolute atomic E-state index is 0. The zero-order valence-electron chi connectivity index (χ0n) is 47.3. The molecule has 3 saturated heterocycles. The number of aliphatic hydroxyl groups is 7. The van der Waals surface area contributed by atoms with Crippen LogP contribution >= 0.6 is 0 Å². The third kappa shape index (κ3) is 18.6. The summed E-state index contributed by atoms with van der Waals surface area (Å²) in [6.45, 7) is 2.79. The molecule has 3 aromatic rings. The Morgan fingerprint density at radius 3 is 1.94 bits per heavy atom. The van der Waals surface area contributed by atoms with E-state index in [1.807, 2.05) is 36.4 Å². The van der Waals surface area contributed by atoms with Gasteiger partial charge in [-0.2, -0.15) is 0 Å². The second-order valence-corrected chi connectivity index (χ2v) is 22.5. The molecule has 0 aliphatic carbocycles. The van der Waals surface area contributed by atoms with Gasteiger partial charge in [-0.05, 0) is 66.1 Å². The smallest absolute Gasteiger partial charge is 0.716 e. The number of carbonyl (C=O) groups excluding carboxylic acids is 8. The molecular formula is C55H73N8NaO20S. The van der Waals surface area contributed by atoms with Crippen LogP contribution in [-0.2, 0) is 61.6 Å². The van der Waals surface area contributed by atoms with E-state index < -0.39 is 199 Å². The molecule has 0 saturated carbocycles. The van der Waals surface area contributed by atoms with Gasteiger partial charge < -0.3 is 91.7 Å². The maximum atomic E-state index is 14.6. The summed E-state index contributed by atoms with van der Waals surface area (Å²) in [5, 5.41) is 101. The summed E-state index contributed by atoms with van der Waals surface area (Å²) in [6.07, 6.45) is -12.2. The molecule has 3 aliphatic heterocycles. The molecule has 3 aromatic carbocycles. The van der Waals surface area contributed by atoms with Crippen molar-refractivity contribution >= 4 is 57.7 Å². The van der Waals surface area contributed by atoms with Crippen LogP contribution in [0, 0.1) is 5.92 Å². The van der Waals surface area contributed by atoms with Crippen LogP contribution in [0.2, 0.25) is 0 Å². The third-order valence-electron chi connectivity index (χ3n) is 14.9. The summed E-state index contributed by atoms with van der Waals surface area (Å²) < 4.78 is 38.5. The predicted octanol–water partition coefficient (Wildman–Crippen LogP) is -6.73. The number of β-amino-alcohol motifs (C(OH)–C–C–N with tert-alkyl or cyclic N) is 1. The Morgan fingerprint density at radius 2 is 1.35 bits per heavy atom. The van der Waals surface area contributed by atoms with Gasteiger partial charge in [0.25, 0.3) is 10.4 Å². The van der Waals surface area contributed by atoms with E-state index in [9.17, 15) is 92.2 Å². The van der Waals surface area contributed by atoms with E-state index in [0.717, 1.165) is 55.4 Å². The average Bonchev–Trinajstić information content (AvgIpc) is 3.93. The number of nitrogens with two attached hydrogens (primary N) is 1. The molecule has 0 bridgehead atoms. The van der Waals surface area contributed by atoms with Gasteiger partial charge >= 0.3 is 29.6 Å². The number of phenols is 1. The quantitative estimate of drug-likeness (QED) is 0.0244. The second kappa shape index (κ2) is 30.8. The first kappa shape index (κ1) is 69.4. The van der Waals surface area contributed by atoms with Gasteiger partial charge in [0.05, 0.1) is 36.9 Å². The fourth-order valence-corrected chi connectivity index (χ4v) is 10.7. The minimum atomic E-state index is -5.58. The van der Waals surface area contributed by atoms with Crippen molar-refractivity contribution in [3.05, 3.63) is 83.4 Å². The SMILES string of the molecule is CCCCCc1ccc(-c2ccc(CCC(=O)N[C@H]3C[C@@H](O)CNC(=O)C4[C@@H](O)[C@@H](C)CN4C(=O)C([C@H](O)CC(N)=O)NC(=O)C([C@H](O)[C@@H](O)c4ccc(O)c(OS(=O)(=O)[O-])c4)NC(=O)C4C[C@@H](O)CN4C(=O)C([C@@H](C)O)NC3=O)cc2)cc1.[Na+]. The number of aryl methyl sites for hydroxylation is 2. The Labute approximate surface area is 512 Å². The van der Waals surface area contributed by atoms with E-state index in [1.165, 1.54) is 12.5 Å². The van der Waals surface area contributed by atoms with Crippen molar-refractivity contribution in [2.24, 2.45) is 11.7 Å². The van der Waals surface area contributed by atoms with Crippen molar-refractivity contribution in [1.29, 1.82) is 0 Å². The summed E-state index contributed by atoms with van der Waals surface area (Å²) in [5.74, 6) is -12.9. The minimum Gasteiger partial charge on any atom is -0.716 e. The van der Waals surface area contributed by atoms with Crippen molar-refractivity contribution in [2.75, 3.05) is 19.6 Å². The molecule has 0 spiro atoms. The molecule has 3 heterocycles. The van der Waals surface area contributed by atoms with E-state index in [0.29, 0.717) is 21.9 Å². The van der Waals surface area contributed by atoms with Crippen LogP contribution < -0.4 is 66.1 Å². The molecule has 3 aliphatic rings. The van der Waals surface area contributed by atoms with E-state index in [-0.39, 0.29) is 42.4 Å². The van der Waals surface area contributed by atoms with Gasteiger partial charge in [0.15, 0.2) is 11.5 Å². The zero-order valence-corrected chi connectivity index (χ0v) is 50.1. The standard InChI is InChI=1S/C55H74N8O20S.Na/c1-4-5-6-7-29-8-13-31(14-9-29)32-15-10-30(11-16-32)12-19-42(70)58-36-21-34(65)24-57-53(77)46-47(71)27(2)25-63(46)55(79)44(39(68)23-41(56)69)60-52(76)45(49(73)48(72)33-17-18-38(67)40(20-33)83-84(80,81)82)61-51(75)37-22-35(66)26-62(37)54(78)43(28(3)64)59-50(36)74;/h8-11,13-18,20,27-28,34-37,39,43-49,64-68,71-73H,4-7,12,19,21-26H2,1-3H3,(H2,56,69)(H,57,77)(H,58,70)(H,59,74)(H,60,76)(H,61,75)(H,80,81,82);/q;+1/p-1/t27-,28+,34+,35+,36-,37?,39+,43?,44?,45?,46?,47-,48-,49-;/m0./s1. The van der Waals surface area contributed by atoms with Crippen molar-refractivity contribution in [2.45, 2.75) is 158 Å². The number of rotatable bonds is 18. The Kier molecular flexibility index (Phi) is 25.2. The Balaban J connectivity index is 0.0000132. The van der Waals surface area contributed by atoms with E-state index >= 15 is 0 Å². The number of aliphatic hydroxyl groups excluding tert-OH is 7. The molecule has 14 atom stereocenters. The van der Waals surface area contributed by atoms with Crippen molar-refractivity contribution < 1.29 is 126 Å². The number of nitrogens with zero attached hydrogens (tertiary/aromatic N) is 2. The van der Waals surface area contributed by atoms with Crippen LogP contribution in [0.15, 0.2) is 66.7 Å². The maximum Gasteiger partial charge on any atom is 1.00 e. The maximum absolute atomic E-state index is 14.6. The fourth-order valence-electron chi connectivity index (χ4n) is 10.3. The van der Waals surface area contributed by atoms with Gasteiger partial charge in [0.1, 0.15) is 48.5 Å². The number of hydrogen-bond donors (Lipinski definition) is 14. The van der Waals surface area contributed by atoms with E-state index in [2.05, 4.69) is 49.8 Å². The van der Waals surface area contributed by atoms with Gasteiger partial charge in [0, 0.05) is 44.8 Å². The number of amides is 8. The first-order chi connectivity index (χ1) is 39.6. The monoisotopic (exact) mass is 1220 g/mol. The average molecular weight is 1220 g/mol. The van der Waals surface area contributed by atoms with Gasteiger partial charge in [0.2, 0.25) is 47.3 Å². The fraction of sp³-hybridized carbons (Fsp3) is 0.527. The number of unbranched alkanes of at least 4 members (excludes halogenated alkanes) is 2. The normalized spacial score (nSPS) is 26.2. The van der Waals surface area contributed by atoms with Gasteiger partial charge in [-0.3, -0.25) is 38.4 Å². The Hall–Kier alpha value is -6.35. The number of phenolic OH excluding ortho intramolecular Hbond substituents is 1. The first-order valence-electron chi connectivity index (χ1n) is 27.4. The van der Waals surface area contributed by atoms with Crippen LogP contribution in [0.4, 0.5) is 0 Å². The van der Waals surface area contributed by atoms with Crippen LogP contribution in [0.25, 0.3) is 11.1 Å². The second-order valence-electron chi connectivity index (χ2n) is 21.5. The largest absolute Gasteiger partial charge is 1.00 e. The molecule has 8 amide bonds. The molecule has 5 unspecified atom stereocenters. The molecule has 28 nitrogen and oxygen atoms in total.